The van der Waals surface area contributed by atoms with E-state index in [9.17, 15) is 47.5 Å². The molecule has 6 aliphatic rings. The van der Waals surface area contributed by atoms with Crippen molar-refractivity contribution in [2.24, 2.45) is 5.73 Å². The lowest BCUT2D eigenvalue weighted by molar-refractivity contribution is -0.120. The molecule has 8 N–H and O–H groups in total. The molecule has 18 nitrogen and oxygen atoms in total. The molecule has 6 heterocycles. The number of nitrogens with two attached hydrogens (primary N) is 1. The summed E-state index contributed by atoms with van der Waals surface area (Å²) in [7, 11) is -4.48. The third-order valence-electron chi connectivity index (χ3n) is 15.7. The van der Waals surface area contributed by atoms with Crippen molar-refractivity contribution in [1.29, 1.82) is 0 Å². The summed E-state index contributed by atoms with van der Waals surface area (Å²) in [6.07, 6.45) is 5.07. The predicted octanol–water partition coefficient (Wildman–Crippen LogP) is 4.32. The van der Waals surface area contributed by atoms with Crippen molar-refractivity contribution in [2.45, 2.75) is 178 Å². The highest BCUT2D eigenvalue weighted by Gasteiger charge is 2.40. The molecule has 3 fully saturated rings. The Bertz CT molecular complexity index is 2700. The van der Waals surface area contributed by atoms with Crippen LogP contribution in [0, 0.1) is 0 Å². The van der Waals surface area contributed by atoms with Crippen LogP contribution in [-0.2, 0) is 87.9 Å². The third kappa shape index (κ3) is 18.1. The fourth-order valence-corrected chi connectivity index (χ4v) is 13.5. The Kier molecular flexibility index (Phi) is 22.7. The Morgan fingerprint density at radius 1 is 0.654 bits per heavy atom. The highest BCUT2D eigenvalue weighted by atomic mass is 32.2. The number of hydrogen-bond donors (Lipinski definition) is 7. The zero-order valence-corrected chi connectivity index (χ0v) is 46.7. The maximum absolute atomic E-state index is 12.7. The van der Waals surface area contributed by atoms with Crippen LogP contribution in [0.2, 0.25) is 17.5 Å². The van der Waals surface area contributed by atoms with Crippen LogP contribution >= 0.6 is 0 Å². The van der Waals surface area contributed by atoms with Gasteiger partial charge in [0, 0.05) is 138 Å². The van der Waals surface area contributed by atoms with E-state index < -0.39 is 37.0 Å². The number of rotatable bonds is 21. The number of nitrogens with one attached hydrogen (secondary N) is 3. The first-order valence-electron chi connectivity index (χ1n) is 27.8. The zero-order valence-electron chi connectivity index (χ0n) is 45.9. The summed E-state index contributed by atoms with van der Waals surface area (Å²) >= 11 is 0. The molecule has 0 radical (unpaired) electrons. The van der Waals surface area contributed by atoms with E-state index in [-0.39, 0.29) is 83.2 Å². The lowest BCUT2D eigenvalue weighted by Gasteiger charge is -2.30. The van der Waals surface area contributed by atoms with E-state index in [0.29, 0.717) is 82.4 Å². The largest absolute Gasteiger partial charge is 0.458 e. The van der Waals surface area contributed by atoms with E-state index in [1.165, 1.54) is 48.6 Å². The first kappa shape index (κ1) is 61.3. The topological polar surface area (TPSA) is 273 Å². The van der Waals surface area contributed by atoms with Crippen LogP contribution in [0.15, 0.2) is 54.6 Å². The first-order chi connectivity index (χ1) is 37.2. The van der Waals surface area contributed by atoms with Gasteiger partial charge in [0.15, 0.2) is 15.6 Å². The van der Waals surface area contributed by atoms with Gasteiger partial charge in [-0.2, -0.15) is 0 Å². The van der Waals surface area contributed by atoms with E-state index in [4.69, 9.17) is 19.7 Å². The molecule has 9 rings (SSSR count). The third-order valence-corrected chi connectivity index (χ3v) is 17.4. The van der Waals surface area contributed by atoms with Crippen LogP contribution in [0.25, 0.3) is 0 Å². The van der Waals surface area contributed by atoms with Gasteiger partial charge in [-0.25, -0.2) is 8.42 Å². The average molecular weight is 1100 g/mol. The molecule has 0 bridgehead atoms. The van der Waals surface area contributed by atoms with Gasteiger partial charge in [0.05, 0.1) is 11.5 Å². The van der Waals surface area contributed by atoms with E-state index in [1.54, 1.807) is 0 Å². The van der Waals surface area contributed by atoms with Gasteiger partial charge in [-0.15, -0.1) is 0 Å². The molecule has 0 saturated carbocycles. The predicted molar refractivity (Wildman–Crippen MR) is 300 cm³/mol. The minimum absolute atomic E-state index is 0.00868. The number of nitrogens with zero attached hydrogens (tertiary/aromatic N) is 1. The summed E-state index contributed by atoms with van der Waals surface area (Å²) < 4.78 is 41.6. The second-order valence-corrected chi connectivity index (χ2v) is 24.6. The van der Waals surface area contributed by atoms with Crippen LogP contribution in [-0.4, -0.2) is 129 Å². The molecule has 0 aromatic heterocycles. The highest BCUT2D eigenvalue weighted by molar-refractivity contribution is 7.90. The molecular formula is C56H80B3N5O13S. The standard InChI is InChI=1S/C20H29BN2O4.C19H27BN2O4.C17H24BNO5S/c1-13(24)7-18-5-4-16(21(26)27-18)10-17(25)9-14-3-6-19-15(8-14)11-23-20(19)12-22-2;1-13(23)8-18-5-4-17(20(25)26-18)10-19(24)14-2-3-15-11-22(7-6-21)12-16(15)9-14;1-12(20)6-17-5-4-16(18(21)24-17)11-25(22,23)10-13-2-3-14-8-19-9-15(14)7-13/h3,6,8,16,18,20,22-23,26H,4-5,7,9-12H2,1-2H3;2-3,9,17-18,25H,4-8,10-12,21H2,1H3;2-3,7,16-17,19,21H,4-6,8-11H2,1H3/t16-,18+,20?;17-,18+;16-,17+/m111/s1. The summed E-state index contributed by atoms with van der Waals surface area (Å²) in [6, 6.07) is 18.3. The molecule has 422 valence electrons. The molecule has 0 aliphatic carbocycles. The van der Waals surface area contributed by atoms with Crippen LogP contribution < -0.4 is 21.7 Å². The summed E-state index contributed by atoms with van der Waals surface area (Å²) in [5.41, 5.74) is 15.5. The quantitative estimate of drug-likeness (QED) is 0.0578. The van der Waals surface area contributed by atoms with Crippen molar-refractivity contribution in [3.8, 4) is 0 Å². The molecule has 3 aromatic carbocycles. The lowest BCUT2D eigenvalue weighted by atomic mass is 9.64. The Morgan fingerprint density at radius 2 is 1.21 bits per heavy atom. The fraction of sp³-hybridized carbons (Fsp3) is 0.589. The molecule has 6 aliphatic heterocycles. The van der Waals surface area contributed by atoms with Gasteiger partial charge in [-0.1, -0.05) is 48.5 Å². The number of hydrogen-bond acceptors (Lipinski definition) is 18. The van der Waals surface area contributed by atoms with Crippen molar-refractivity contribution < 1.29 is 61.4 Å². The van der Waals surface area contributed by atoms with Crippen molar-refractivity contribution in [3.63, 3.8) is 0 Å². The second kappa shape index (κ2) is 28.9. The summed E-state index contributed by atoms with van der Waals surface area (Å²) in [5, 5.41) is 40.4. The maximum atomic E-state index is 12.7. The van der Waals surface area contributed by atoms with Crippen molar-refractivity contribution in [1.82, 2.24) is 20.9 Å². The van der Waals surface area contributed by atoms with Gasteiger partial charge in [-0.05, 0) is 117 Å². The normalized spacial score (nSPS) is 23.8. The van der Waals surface area contributed by atoms with Crippen LogP contribution in [0.1, 0.15) is 152 Å². The summed E-state index contributed by atoms with van der Waals surface area (Å²) in [5.74, 6) is -0.698. The van der Waals surface area contributed by atoms with Crippen molar-refractivity contribution in [2.75, 3.05) is 32.4 Å². The molecule has 22 heteroatoms. The van der Waals surface area contributed by atoms with Gasteiger partial charge in [0.2, 0.25) is 0 Å². The molecule has 78 heavy (non-hydrogen) atoms. The smallest absolute Gasteiger partial charge is 0.427 e. The molecular weight excluding hydrogens is 1020 g/mol. The monoisotopic (exact) mass is 1100 g/mol. The van der Waals surface area contributed by atoms with E-state index in [0.717, 1.165) is 62.5 Å². The Morgan fingerprint density at radius 3 is 1.79 bits per heavy atom. The minimum Gasteiger partial charge on any atom is -0.427 e. The summed E-state index contributed by atoms with van der Waals surface area (Å²) in [6.45, 7) is 11.0. The number of Topliss-reactive ketones (excluding diaryl/α,β-unsaturated/α-hetero) is 5. The van der Waals surface area contributed by atoms with Crippen LogP contribution in [0.5, 0.6) is 0 Å². The number of fused-ring (bicyclic) bond motifs is 3. The van der Waals surface area contributed by atoms with Gasteiger partial charge in [0.1, 0.15) is 23.1 Å². The lowest BCUT2D eigenvalue weighted by Crippen LogP contribution is -2.39. The fourth-order valence-electron chi connectivity index (χ4n) is 11.7. The van der Waals surface area contributed by atoms with Crippen LogP contribution in [0.4, 0.5) is 0 Å². The van der Waals surface area contributed by atoms with E-state index in [1.807, 2.05) is 49.5 Å². The zero-order chi connectivity index (χ0) is 56.1. The number of likely N-dealkylation sites (N-methyl/N-ethyl adjacent to an activating group) is 1. The highest BCUT2D eigenvalue weighted by Crippen LogP contribution is 2.35. The molecule has 3 aromatic rings. The Balaban J connectivity index is 0.000000170. The SMILES string of the molecule is CC(=O)C[C@@H]1CC[C@H](CC(=O)c2ccc3c(c2)CN(CCN)C3)B(O)O1.CC(=O)C[C@@H]1CC[C@H](CS(=O)(=O)Cc2ccc3c(c2)CNC3)B(O)O1.CNCC1NCc2cc(CC(=O)C[C@H]3CC[C@@H](CC(C)=O)OB3O)ccc21. The van der Waals surface area contributed by atoms with Gasteiger partial charge in [0.25, 0.3) is 0 Å². The summed E-state index contributed by atoms with van der Waals surface area (Å²) in [4.78, 5) is 61.0. The van der Waals surface area contributed by atoms with Crippen molar-refractivity contribution in [3.05, 3.63) is 105 Å². The van der Waals surface area contributed by atoms with Gasteiger partial charge >= 0.3 is 21.4 Å². The molecule has 1 unspecified atom stereocenters. The number of sulfone groups is 1. The number of benzene rings is 3. The Labute approximate surface area is 461 Å². The number of carbonyl (C=O) groups excluding carboxylic acids is 5. The number of ketones is 5. The van der Waals surface area contributed by atoms with Crippen LogP contribution in [0.3, 0.4) is 0 Å². The molecule has 0 amide bonds. The maximum Gasteiger partial charge on any atom is 0.458 e. The second-order valence-electron chi connectivity index (χ2n) is 22.5. The van der Waals surface area contributed by atoms with E-state index >= 15 is 0 Å². The van der Waals surface area contributed by atoms with E-state index in [2.05, 4.69) is 33.0 Å². The first-order valence-corrected chi connectivity index (χ1v) is 29.7. The Hall–Kier alpha value is -4.29. The number of carbonyl (C=O) groups is 5. The average Bonchev–Trinajstić information content (AvgIpc) is 4.13. The van der Waals surface area contributed by atoms with Crippen molar-refractivity contribution >= 4 is 60.1 Å². The van der Waals surface area contributed by atoms with Gasteiger partial charge in [-0.3, -0.25) is 28.9 Å². The molecule has 7 atom stereocenters. The van der Waals surface area contributed by atoms with Gasteiger partial charge < -0.3 is 50.7 Å². The minimum atomic E-state index is -3.35. The molecule has 0 spiro atoms. The molecule has 3 saturated heterocycles.